The van der Waals surface area contributed by atoms with E-state index in [1.165, 1.54) is 54.8 Å². The third-order valence-electron chi connectivity index (χ3n) is 3.55. The molecule has 0 radical (unpaired) electrons. The summed E-state index contributed by atoms with van der Waals surface area (Å²) in [5, 5.41) is 17.6. The van der Waals surface area contributed by atoms with Crippen LogP contribution in [-0.2, 0) is 11.5 Å². The number of amidine groups is 2. The average molecular weight is 601 g/mol. The van der Waals surface area contributed by atoms with Crippen LogP contribution in [0.5, 0.6) is 0 Å². The molecule has 10 heteroatoms. The third kappa shape index (κ3) is 5.17. The van der Waals surface area contributed by atoms with Crippen molar-refractivity contribution in [3.8, 4) is 0 Å². The largest absolute Gasteiger partial charge is 0.379 e. The van der Waals surface area contributed by atoms with E-state index in [-0.39, 0.29) is 44.3 Å². The van der Waals surface area contributed by atoms with Crippen molar-refractivity contribution in [3.63, 3.8) is 0 Å². The highest BCUT2D eigenvalue weighted by Gasteiger charge is 2.14. The summed E-state index contributed by atoms with van der Waals surface area (Å²) in [7, 11) is 0. The molecule has 2 aromatic carbocycles. The molecule has 0 saturated heterocycles. The summed E-state index contributed by atoms with van der Waals surface area (Å²) in [6.45, 7) is 0. The van der Waals surface area contributed by atoms with Crippen LogP contribution in [0.1, 0.15) is 11.1 Å². The van der Waals surface area contributed by atoms with E-state index in [1.54, 1.807) is 11.3 Å². The zero-order chi connectivity index (χ0) is 17.3. The molecule has 1 heterocycles. The van der Waals surface area contributed by atoms with Crippen LogP contribution < -0.4 is 11.5 Å². The molecule has 3 aromatic rings. The van der Waals surface area contributed by atoms with Crippen LogP contribution in [0.25, 0.3) is 20.2 Å². The molecule has 6 N–H and O–H groups in total. The van der Waals surface area contributed by atoms with Crippen LogP contribution in [0.3, 0.4) is 0 Å². The van der Waals surface area contributed by atoms with Crippen molar-refractivity contribution < 1.29 is 0 Å². The van der Waals surface area contributed by atoms with Gasteiger partial charge in [-0.2, -0.15) is 0 Å². The SMILES string of the molecule is Br.Br.N=C(N)SCc1cccc2c1sc1c(CSC(=N)N)c(Br)ccc12. The Morgan fingerprint density at radius 3 is 2.19 bits per heavy atom. The summed E-state index contributed by atoms with van der Waals surface area (Å²) in [4.78, 5) is 0. The summed E-state index contributed by atoms with van der Waals surface area (Å²) >= 11 is 8.05. The van der Waals surface area contributed by atoms with E-state index in [1.807, 2.05) is 0 Å². The van der Waals surface area contributed by atoms with Gasteiger partial charge in [0.25, 0.3) is 0 Å². The molecular formula is C16H17Br3N4S3. The van der Waals surface area contributed by atoms with E-state index >= 15 is 0 Å². The van der Waals surface area contributed by atoms with Crippen LogP contribution in [0.4, 0.5) is 0 Å². The Morgan fingerprint density at radius 2 is 1.54 bits per heavy atom. The highest BCUT2D eigenvalue weighted by Crippen LogP contribution is 2.41. The minimum absolute atomic E-state index is 0. The van der Waals surface area contributed by atoms with Gasteiger partial charge in [0.2, 0.25) is 0 Å². The molecule has 0 spiro atoms. The molecule has 3 rings (SSSR count). The number of hydrogen-bond donors (Lipinski definition) is 4. The first-order valence-electron chi connectivity index (χ1n) is 7.02. The van der Waals surface area contributed by atoms with Crippen molar-refractivity contribution in [2.45, 2.75) is 11.5 Å². The van der Waals surface area contributed by atoms with Crippen molar-refractivity contribution in [1.82, 2.24) is 0 Å². The quantitative estimate of drug-likeness (QED) is 0.211. The van der Waals surface area contributed by atoms with Gasteiger partial charge in [-0.05, 0) is 17.2 Å². The number of fused-ring (bicyclic) bond motifs is 3. The normalized spacial score (nSPS) is 10.3. The van der Waals surface area contributed by atoms with Gasteiger partial charge in [0, 0.05) is 36.2 Å². The van der Waals surface area contributed by atoms with Gasteiger partial charge in [0.1, 0.15) is 0 Å². The lowest BCUT2D eigenvalue weighted by molar-refractivity contribution is 1.44. The molecule has 0 aliphatic heterocycles. The Balaban J connectivity index is 0.00000169. The van der Waals surface area contributed by atoms with E-state index in [9.17, 15) is 0 Å². The maximum absolute atomic E-state index is 7.45. The van der Waals surface area contributed by atoms with Gasteiger partial charge >= 0.3 is 0 Å². The van der Waals surface area contributed by atoms with Gasteiger partial charge in [-0.3, -0.25) is 10.8 Å². The van der Waals surface area contributed by atoms with Crippen LogP contribution >= 0.6 is 84.8 Å². The number of hydrogen-bond acceptors (Lipinski definition) is 5. The number of rotatable bonds is 4. The predicted molar refractivity (Wildman–Crippen MR) is 134 cm³/mol. The molecule has 0 aliphatic rings. The van der Waals surface area contributed by atoms with Crippen LogP contribution in [0.15, 0.2) is 34.8 Å². The van der Waals surface area contributed by atoms with E-state index in [0.29, 0.717) is 11.5 Å². The Labute approximate surface area is 193 Å². The van der Waals surface area contributed by atoms with Crippen LogP contribution in [0.2, 0.25) is 0 Å². The Bertz CT molecular complexity index is 959. The molecule has 0 aliphatic carbocycles. The Kier molecular flexibility index (Phi) is 9.45. The van der Waals surface area contributed by atoms with E-state index < -0.39 is 0 Å². The minimum Gasteiger partial charge on any atom is -0.379 e. The molecule has 4 nitrogen and oxygen atoms in total. The summed E-state index contributed by atoms with van der Waals surface area (Å²) in [5.74, 6) is 1.36. The first-order chi connectivity index (χ1) is 11.5. The van der Waals surface area contributed by atoms with Crippen molar-refractivity contribution in [1.29, 1.82) is 10.8 Å². The van der Waals surface area contributed by atoms with Gasteiger partial charge in [0.05, 0.1) is 0 Å². The highest BCUT2D eigenvalue weighted by molar-refractivity contribution is 9.10. The van der Waals surface area contributed by atoms with Crippen LogP contribution in [0, 0.1) is 10.8 Å². The van der Waals surface area contributed by atoms with E-state index in [2.05, 4.69) is 46.3 Å². The second-order valence-corrected chi connectivity index (χ2v) is 9.01. The number of thiophene rings is 1. The molecule has 26 heavy (non-hydrogen) atoms. The Hall–Kier alpha value is -0.260. The van der Waals surface area contributed by atoms with E-state index in [0.717, 1.165) is 4.47 Å². The predicted octanol–water partition coefficient (Wildman–Crippen LogP) is 6.23. The molecule has 0 bridgehead atoms. The molecule has 0 fully saturated rings. The van der Waals surface area contributed by atoms with Crippen LogP contribution in [-0.4, -0.2) is 10.3 Å². The fourth-order valence-electron chi connectivity index (χ4n) is 2.51. The first kappa shape index (κ1) is 23.8. The molecule has 0 unspecified atom stereocenters. The molecule has 0 saturated carbocycles. The lowest BCUT2D eigenvalue weighted by Crippen LogP contribution is -2.03. The van der Waals surface area contributed by atoms with Gasteiger partial charge < -0.3 is 11.5 Å². The Morgan fingerprint density at radius 1 is 0.923 bits per heavy atom. The summed E-state index contributed by atoms with van der Waals surface area (Å²) < 4.78 is 3.48. The topological polar surface area (TPSA) is 99.7 Å². The number of thioether (sulfide) groups is 2. The fraction of sp³-hybridized carbons (Fsp3) is 0.125. The maximum Gasteiger partial charge on any atom is 0.151 e. The molecule has 1 aromatic heterocycles. The van der Waals surface area contributed by atoms with Gasteiger partial charge in [-0.1, -0.05) is 63.7 Å². The molecule has 0 atom stereocenters. The second kappa shape index (κ2) is 10.3. The average Bonchev–Trinajstić information content (AvgIpc) is 2.90. The number of nitrogens with one attached hydrogen (secondary N) is 2. The third-order valence-corrected chi connectivity index (χ3v) is 7.16. The number of nitrogens with two attached hydrogens (primary N) is 2. The highest BCUT2D eigenvalue weighted by atomic mass is 79.9. The zero-order valence-electron chi connectivity index (χ0n) is 13.4. The molecular weight excluding hydrogens is 584 g/mol. The number of halogens is 3. The first-order valence-corrected chi connectivity index (χ1v) is 10.6. The maximum atomic E-state index is 7.45. The fourth-order valence-corrected chi connectivity index (χ4v) is 5.98. The van der Waals surface area contributed by atoms with Crippen molar-refractivity contribution in [3.05, 3.63) is 45.9 Å². The van der Waals surface area contributed by atoms with Crippen molar-refractivity contribution >= 4 is 115 Å². The monoisotopic (exact) mass is 598 g/mol. The van der Waals surface area contributed by atoms with Crippen molar-refractivity contribution in [2.24, 2.45) is 11.5 Å². The van der Waals surface area contributed by atoms with Gasteiger partial charge in [-0.15, -0.1) is 45.3 Å². The molecule has 140 valence electrons. The molecule has 0 amide bonds. The van der Waals surface area contributed by atoms with Gasteiger partial charge in [-0.25, -0.2) is 0 Å². The smallest absolute Gasteiger partial charge is 0.151 e. The minimum atomic E-state index is 0. The van der Waals surface area contributed by atoms with E-state index in [4.69, 9.17) is 22.3 Å². The summed E-state index contributed by atoms with van der Waals surface area (Å²) in [6, 6.07) is 10.5. The lowest BCUT2D eigenvalue weighted by Gasteiger charge is -2.05. The zero-order valence-corrected chi connectivity index (χ0v) is 20.8. The summed E-state index contributed by atoms with van der Waals surface area (Å²) in [6.07, 6.45) is 0. The summed E-state index contributed by atoms with van der Waals surface area (Å²) in [5.41, 5.74) is 13.3. The lowest BCUT2D eigenvalue weighted by atomic mass is 10.1. The second-order valence-electron chi connectivity index (χ2n) is 5.10. The number of benzene rings is 2. The van der Waals surface area contributed by atoms with Gasteiger partial charge in [0.15, 0.2) is 10.3 Å². The van der Waals surface area contributed by atoms with Crippen molar-refractivity contribution in [2.75, 3.05) is 0 Å². The standard InChI is InChI=1S/C16H15BrN4S3.2BrH/c17-12-5-4-10-9-3-1-2-8(6-22-15(18)19)13(9)24-14(10)11(12)7-23-16(20)21;;/h1-5H,6-7H2,(H3,18,19)(H3,20,21);2*1H.